The second-order valence-corrected chi connectivity index (χ2v) is 7.69. The fraction of sp³-hybridized carbons (Fsp3) is 0.375. The molecule has 1 aliphatic rings. The number of benzene rings is 1. The molecule has 7 nitrogen and oxygen atoms in total. The molecule has 2 N–H and O–H groups in total. The number of hydrogen-bond acceptors (Lipinski definition) is 5. The van der Waals surface area contributed by atoms with Crippen LogP contribution in [0.25, 0.3) is 10.9 Å². The summed E-state index contributed by atoms with van der Waals surface area (Å²) < 4.78 is 26.8. The average Bonchev–Trinajstić information content (AvgIpc) is 3.02. The molecule has 0 saturated carbocycles. The second-order valence-electron chi connectivity index (χ2n) is 5.80. The molecule has 128 valence electrons. The van der Waals surface area contributed by atoms with Gasteiger partial charge in [0.05, 0.1) is 11.7 Å². The molecule has 1 aromatic heterocycles. The first-order valence-electron chi connectivity index (χ1n) is 7.73. The topological polar surface area (TPSA) is 90.4 Å². The van der Waals surface area contributed by atoms with E-state index < -0.39 is 10.0 Å². The van der Waals surface area contributed by atoms with E-state index in [2.05, 4.69) is 33.2 Å². The third-order valence-electron chi connectivity index (χ3n) is 4.34. The summed E-state index contributed by atoms with van der Waals surface area (Å²) in [4.78, 5) is 3.84. The van der Waals surface area contributed by atoms with Gasteiger partial charge in [-0.05, 0) is 36.3 Å². The summed E-state index contributed by atoms with van der Waals surface area (Å²) in [6, 6.07) is 4.02. The van der Waals surface area contributed by atoms with Gasteiger partial charge in [0.2, 0.25) is 0 Å². The molecule has 0 amide bonds. The van der Waals surface area contributed by atoms with Crippen molar-refractivity contribution in [1.29, 1.82) is 0 Å². The number of fused-ring (bicyclic) bond motifs is 1. The molecule has 0 spiro atoms. The van der Waals surface area contributed by atoms with Crippen LogP contribution in [0.3, 0.4) is 0 Å². The lowest BCUT2D eigenvalue weighted by molar-refractivity contribution is 0.305. The number of aromatic amines is 1. The molecular weight excluding hydrogens is 326 g/mol. The molecule has 1 atom stereocenters. The monoisotopic (exact) mass is 347 g/mol. The quantitative estimate of drug-likeness (QED) is 0.648. The Morgan fingerprint density at radius 3 is 3.00 bits per heavy atom. The summed E-state index contributed by atoms with van der Waals surface area (Å²) in [7, 11) is -2.14. The highest BCUT2D eigenvalue weighted by Crippen LogP contribution is 2.26. The van der Waals surface area contributed by atoms with Crippen LogP contribution >= 0.6 is 0 Å². The van der Waals surface area contributed by atoms with Crippen LogP contribution in [0.2, 0.25) is 0 Å². The number of nitrogens with one attached hydrogen (secondary N) is 2. The van der Waals surface area contributed by atoms with E-state index in [0.29, 0.717) is 19.6 Å². The van der Waals surface area contributed by atoms with E-state index >= 15 is 0 Å². The Kier molecular flexibility index (Phi) is 4.53. The van der Waals surface area contributed by atoms with E-state index in [1.807, 2.05) is 13.0 Å². The average molecular weight is 347 g/mol. The Labute approximate surface area is 141 Å². The van der Waals surface area contributed by atoms with Crippen molar-refractivity contribution in [2.75, 3.05) is 26.7 Å². The van der Waals surface area contributed by atoms with Gasteiger partial charge >= 0.3 is 0 Å². The predicted molar refractivity (Wildman–Crippen MR) is 95.6 cm³/mol. The van der Waals surface area contributed by atoms with Gasteiger partial charge in [-0.15, -0.1) is 0 Å². The van der Waals surface area contributed by atoms with Gasteiger partial charge in [-0.25, -0.2) is 8.42 Å². The van der Waals surface area contributed by atoms with Crippen molar-refractivity contribution in [3.05, 3.63) is 42.1 Å². The number of rotatable bonds is 3. The van der Waals surface area contributed by atoms with Crippen LogP contribution in [0.15, 0.2) is 36.0 Å². The third-order valence-corrected chi connectivity index (χ3v) is 6.23. The zero-order valence-electron chi connectivity index (χ0n) is 13.8. The minimum atomic E-state index is -3.60. The standard InChI is InChI=1S/C16H21N5O2S/c1-4-16(17-3)24(22,23)21-6-5-18-15(10-21)13-8-12-9-19-20-14(12)7-11(13)2/h4,7-9,15,18H,1,5-6,10H2,2-3H3,(H,19,20)/t15-/m1/s1. The highest BCUT2D eigenvalue weighted by Gasteiger charge is 2.32. The Morgan fingerprint density at radius 2 is 2.29 bits per heavy atom. The van der Waals surface area contributed by atoms with Crippen LogP contribution in [0.1, 0.15) is 17.2 Å². The Balaban J connectivity index is 1.92. The number of aryl methyl sites for hydroxylation is 1. The number of nitrogens with zero attached hydrogens (tertiary/aromatic N) is 3. The molecule has 1 aliphatic heterocycles. The summed E-state index contributed by atoms with van der Waals surface area (Å²) >= 11 is 0. The van der Waals surface area contributed by atoms with Gasteiger partial charge < -0.3 is 5.32 Å². The molecule has 24 heavy (non-hydrogen) atoms. The van der Waals surface area contributed by atoms with Crippen molar-refractivity contribution in [3.63, 3.8) is 0 Å². The van der Waals surface area contributed by atoms with Crippen molar-refractivity contribution in [1.82, 2.24) is 19.8 Å². The lowest BCUT2D eigenvalue weighted by Crippen LogP contribution is -2.49. The van der Waals surface area contributed by atoms with E-state index in [4.69, 9.17) is 0 Å². The minimum absolute atomic E-state index is 0.00478. The van der Waals surface area contributed by atoms with Gasteiger partial charge in [0.1, 0.15) is 0 Å². The first-order chi connectivity index (χ1) is 11.5. The molecule has 1 aromatic carbocycles. The lowest BCUT2D eigenvalue weighted by atomic mass is 9.98. The first-order valence-corrected chi connectivity index (χ1v) is 9.17. The fourth-order valence-corrected chi connectivity index (χ4v) is 4.47. The van der Waals surface area contributed by atoms with Gasteiger partial charge in [0.15, 0.2) is 5.04 Å². The largest absolute Gasteiger partial charge is 0.307 e. The molecule has 2 heterocycles. The van der Waals surface area contributed by atoms with Crippen LogP contribution in [-0.4, -0.2) is 54.6 Å². The first kappa shape index (κ1) is 16.8. The van der Waals surface area contributed by atoms with Gasteiger partial charge in [0, 0.05) is 38.1 Å². The molecule has 8 heteroatoms. The summed E-state index contributed by atoms with van der Waals surface area (Å²) in [6.07, 6.45) is 3.06. The van der Waals surface area contributed by atoms with Crippen LogP contribution in [0.5, 0.6) is 0 Å². The molecule has 0 aliphatic carbocycles. The van der Waals surface area contributed by atoms with E-state index in [1.165, 1.54) is 17.4 Å². The van der Waals surface area contributed by atoms with E-state index in [-0.39, 0.29) is 11.1 Å². The van der Waals surface area contributed by atoms with E-state index in [9.17, 15) is 8.42 Å². The van der Waals surface area contributed by atoms with Crippen molar-refractivity contribution < 1.29 is 8.42 Å². The van der Waals surface area contributed by atoms with Crippen LogP contribution < -0.4 is 5.32 Å². The van der Waals surface area contributed by atoms with Crippen molar-refractivity contribution in [2.45, 2.75) is 13.0 Å². The molecule has 0 radical (unpaired) electrons. The van der Waals surface area contributed by atoms with Gasteiger partial charge in [-0.2, -0.15) is 9.40 Å². The van der Waals surface area contributed by atoms with Gasteiger partial charge in [-0.3, -0.25) is 10.1 Å². The molecule has 0 unspecified atom stereocenters. The Morgan fingerprint density at radius 1 is 1.50 bits per heavy atom. The van der Waals surface area contributed by atoms with Gasteiger partial charge in [-0.1, -0.05) is 6.58 Å². The van der Waals surface area contributed by atoms with Crippen molar-refractivity contribution in [3.8, 4) is 0 Å². The summed E-state index contributed by atoms with van der Waals surface area (Å²) in [5, 5.41) is 11.4. The van der Waals surface area contributed by atoms with Crippen LogP contribution in [0.4, 0.5) is 0 Å². The van der Waals surface area contributed by atoms with Gasteiger partial charge in [0.25, 0.3) is 10.0 Å². The lowest BCUT2D eigenvalue weighted by Gasteiger charge is -2.33. The zero-order chi connectivity index (χ0) is 17.3. The van der Waals surface area contributed by atoms with Crippen molar-refractivity contribution >= 4 is 26.0 Å². The van der Waals surface area contributed by atoms with Crippen LogP contribution in [-0.2, 0) is 10.0 Å². The number of sulfonamides is 1. The van der Waals surface area contributed by atoms with Crippen molar-refractivity contribution in [2.24, 2.45) is 4.99 Å². The zero-order valence-corrected chi connectivity index (χ0v) is 14.6. The minimum Gasteiger partial charge on any atom is -0.307 e. The summed E-state index contributed by atoms with van der Waals surface area (Å²) in [5.41, 5.74) is 3.15. The van der Waals surface area contributed by atoms with E-state index in [0.717, 1.165) is 22.0 Å². The highest BCUT2D eigenvalue weighted by molar-refractivity contribution is 8.04. The van der Waals surface area contributed by atoms with E-state index in [1.54, 1.807) is 6.20 Å². The molecule has 1 fully saturated rings. The highest BCUT2D eigenvalue weighted by atomic mass is 32.2. The molecular formula is C16H21N5O2S. The normalized spacial score (nSPS) is 20.4. The molecule has 2 aromatic rings. The van der Waals surface area contributed by atoms with Crippen LogP contribution in [0, 0.1) is 6.92 Å². The SMILES string of the molecule is C=CC(=NC)S(=O)(=O)N1CCN[C@@H](c2cc3cn[nH]c3cc2C)C1. The number of H-pyrrole nitrogens is 1. The maximum atomic E-state index is 12.7. The maximum absolute atomic E-state index is 12.7. The predicted octanol–water partition coefficient (Wildman–Crippen LogP) is 1.36. The number of piperazine rings is 1. The molecule has 0 bridgehead atoms. The molecule has 3 rings (SSSR count). The smallest absolute Gasteiger partial charge is 0.260 e. The summed E-state index contributed by atoms with van der Waals surface area (Å²) in [6.45, 7) is 6.93. The summed E-state index contributed by atoms with van der Waals surface area (Å²) in [5.74, 6) is 0. The molecule has 1 saturated heterocycles. The Bertz CT molecular complexity index is 900. The number of hydrogen-bond donors (Lipinski definition) is 2. The number of aliphatic imine (C=N–C) groups is 1. The Hall–Kier alpha value is -2.03. The second kappa shape index (κ2) is 6.46. The fourth-order valence-electron chi connectivity index (χ4n) is 3.09. The number of aromatic nitrogens is 2. The third kappa shape index (κ3) is 2.88. The maximum Gasteiger partial charge on any atom is 0.260 e.